The molecule has 0 unspecified atom stereocenters. The lowest BCUT2D eigenvalue weighted by atomic mass is 9.63. The van der Waals surface area contributed by atoms with Gasteiger partial charge in [0.2, 0.25) is 0 Å². The summed E-state index contributed by atoms with van der Waals surface area (Å²) < 4.78 is 5.09. The molecule has 1 aliphatic carbocycles. The molecule has 1 fully saturated rings. The number of likely N-dealkylation sites (tertiary alicyclic amines) is 1. The minimum absolute atomic E-state index is 0.0569. The van der Waals surface area contributed by atoms with Gasteiger partial charge in [-0.2, -0.15) is 0 Å². The van der Waals surface area contributed by atoms with Crippen molar-refractivity contribution in [2.45, 2.75) is 45.6 Å². The predicted octanol–water partition coefficient (Wildman–Crippen LogP) is 3.12. The number of methoxy groups -OCH3 is 1. The van der Waals surface area contributed by atoms with Crippen LogP contribution in [-0.2, 0) is 10.2 Å². The van der Waals surface area contributed by atoms with Crippen LogP contribution in [0.5, 0.6) is 0 Å². The molecule has 1 aliphatic heterocycles. The SMILES string of the molecule is COCCN1CC(NC(=O)c2ccc3[nH]c4c(c3c2)C(C)(C)CC(C)(C)C4=O)C1. The number of carbonyl (C=O) groups excluding carboxylic acids is 2. The van der Waals surface area contributed by atoms with Gasteiger partial charge < -0.3 is 15.0 Å². The summed E-state index contributed by atoms with van der Waals surface area (Å²) in [7, 11) is 1.70. The van der Waals surface area contributed by atoms with E-state index in [1.165, 1.54) is 0 Å². The van der Waals surface area contributed by atoms with Gasteiger partial charge in [0, 0.05) is 48.6 Å². The summed E-state index contributed by atoms with van der Waals surface area (Å²) >= 11 is 0. The summed E-state index contributed by atoms with van der Waals surface area (Å²) in [6.45, 7) is 11.7. The topological polar surface area (TPSA) is 74.4 Å². The minimum Gasteiger partial charge on any atom is -0.383 e. The highest BCUT2D eigenvalue weighted by atomic mass is 16.5. The van der Waals surface area contributed by atoms with Crippen molar-refractivity contribution in [3.8, 4) is 0 Å². The third kappa shape index (κ3) is 3.49. The molecular weight excluding hydrogens is 366 g/mol. The number of H-pyrrole nitrogens is 1. The summed E-state index contributed by atoms with van der Waals surface area (Å²) in [5, 5.41) is 4.10. The zero-order valence-electron chi connectivity index (χ0n) is 18.0. The number of aromatic nitrogens is 1. The van der Waals surface area contributed by atoms with Crippen LogP contribution in [0, 0.1) is 5.41 Å². The third-order valence-electron chi connectivity index (χ3n) is 6.37. The van der Waals surface area contributed by atoms with Crippen molar-refractivity contribution in [2.75, 3.05) is 33.4 Å². The summed E-state index contributed by atoms with van der Waals surface area (Å²) in [4.78, 5) is 31.4. The maximum atomic E-state index is 13.0. The number of Topliss-reactive ketones (excluding diaryl/α,β-unsaturated/α-hetero) is 1. The summed E-state index contributed by atoms with van der Waals surface area (Å²) in [5.74, 6) is 0.0955. The second kappa shape index (κ2) is 6.96. The smallest absolute Gasteiger partial charge is 0.251 e. The second-order valence-electron chi connectivity index (χ2n) is 9.83. The van der Waals surface area contributed by atoms with Gasteiger partial charge in [-0.1, -0.05) is 27.7 Å². The van der Waals surface area contributed by atoms with Crippen LogP contribution in [0.4, 0.5) is 0 Å². The van der Waals surface area contributed by atoms with Crippen molar-refractivity contribution in [2.24, 2.45) is 5.41 Å². The van der Waals surface area contributed by atoms with E-state index in [0.717, 1.165) is 42.5 Å². The van der Waals surface area contributed by atoms with Crippen LogP contribution < -0.4 is 5.32 Å². The number of ketones is 1. The highest BCUT2D eigenvalue weighted by molar-refractivity contribution is 6.08. The Labute approximate surface area is 172 Å². The molecular formula is C23H31N3O3. The lowest BCUT2D eigenvalue weighted by molar-refractivity contribution is 0.0695. The number of hydrogen-bond acceptors (Lipinski definition) is 4. The van der Waals surface area contributed by atoms with Crippen LogP contribution in [0.2, 0.25) is 0 Å². The Bertz CT molecular complexity index is 967. The Morgan fingerprint density at radius 3 is 2.66 bits per heavy atom. The Morgan fingerprint density at radius 1 is 1.24 bits per heavy atom. The Morgan fingerprint density at radius 2 is 1.97 bits per heavy atom. The molecule has 1 aromatic heterocycles. The second-order valence-corrected chi connectivity index (χ2v) is 9.83. The zero-order valence-corrected chi connectivity index (χ0v) is 18.0. The van der Waals surface area contributed by atoms with Crippen LogP contribution in [-0.4, -0.2) is 61.0 Å². The number of rotatable bonds is 5. The number of nitrogens with zero attached hydrogens (tertiary/aromatic N) is 1. The van der Waals surface area contributed by atoms with Crippen molar-refractivity contribution in [1.82, 2.24) is 15.2 Å². The maximum Gasteiger partial charge on any atom is 0.251 e. The minimum atomic E-state index is -0.392. The molecule has 0 spiro atoms. The van der Waals surface area contributed by atoms with Gasteiger partial charge in [0.05, 0.1) is 18.3 Å². The molecule has 29 heavy (non-hydrogen) atoms. The van der Waals surface area contributed by atoms with Crippen molar-refractivity contribution in [3.05, 3.63) is 35.0 Å². The molecule has 6 heteroatoms. The number of amides is 1. The molecule has 0 radical (unpaired) electrons. The average molecular weight is 398 g/mol. The fourth-order valence-corrected chi connectivity index (χ4v) is 5.15. The molecule has 0 saturated carbocycles. The monoisotopic (exact) mass is 397 g/mol. The first-order valence-corrected chi connectivity index (χ1v) is 10.4. The first kappa shape index (κ1) is 20.1. The quantitative estimate of drug-likeness (QED) is 0.813. The molecule has 6 nitrogen and oxygen atoms in total. The van der Waals surface area contributed by atoms with Gasteiger partial charge in [0.1, 0.15) is 0 Å². The van der Waals surface area contributed by atoms with Crippen LogP contribution >= 0.6 is 0 Å². The van der Waals surface area contributed by atoms with Crippen molar-refractivity contribution >= 4 is 22.6 Å². The van der Waals surface area contributed by atoms with Gasteiger partial charge in [-0.15, -0.1) is 0 Å². The van der Waals surface area contributed by atoms with Gasteiger partial charge in [-0.25, -0.2) is 0 Å². The van der Waals surface area contributed by atoms with Crippen LogP contribution in [0.25, 0.3) is 10.9 Å². The van der Waals surface area contributed by atoms with E-state index in [1.54, 1.807) is 7.11 Å². The third-order valence-corrected chi connectivity index (χ3v) is 6.37. The molecule has 156 valence electrons. The largest absolute Gasteiger partial charge is 0.383 e. The highest BCUT2D eigenvalue weighted by Crippen LogP contribution is 2.48. The van der Waals surface area contributed by atoms with Gasteiger partial charge in [0.15, 0.2) is 5.78 Å². The van der Waals surface area contributed by atoms with Crippen molar-refractivity contribution in [3.63, 3.8) is 0 Å². The number of hydrogen-bond donors (Lipinski definition) is 2. The summed E-state index contributed by atoms with van der Waals surface area (Å²) in [6, 6.07) is 5.87. The molecule has 1 aromatic carbocycles. The van der Waals surface area contributed by atoms with E-state index in [-0.39, 0.29) is 23.1 Å². The highest BCUT2D eigenvalue weighted by Gasteiger charge is 2.45. The molecule has 0 bridgehead atoms. The van der Waals surface area contributed by atoms with Crippen LogP contribution in [0.3, 0.4) is 0 Å². The van der Waals surface area contributed by atoms with E-state index in [0.29, 0.717) is 17.9 Å². The van der Waals surface area contributed by atoms with Crippen molar-refractivity contribution < 1.29 is 14.3 Å². The van der Waals surface area contributed by atoms with E-state index in [9.17, 15) is 9.59 Å². The standard InChI is InChI=1S/C23H31N3O3/c1-22(2)13-23(3,4)20(27)19-18(22)16-10-14(6-7-17(16)25-19)21(28)24-15-11-26(12-15)8-9-29-5/h6-7,10,15,25H,8-9,11-13H2,1-5H3,(H,24,28). The van der Waals surface area contributed by atoms with Crippen molar-refractivity contribution in [1.29, 1.82) is 0 Å². The van der Waals surface area contributed by atoms with E-state index in [4.69, 9.17) is 4.74 Å². The van der Waals surface area contributed by atoms with Gasteiger partial charge in [-0.05, 0) is 35.6 Å². The molecule has 2 heterocycles. The van der Waals surface area contributed by atoms with Crippen LogP contribution in [0.15, 0.2) is 18.2 Å². The van der Waals surface area contributed by atoms with E-state index in [1.807, 2.05) is 32.0 Å². The first-order valence-electron chi connectivity index (χ1n) is 10.4. The number of fused-ring (bicyclic) bond motifs is 3. The summed E-state index contributed by atoms with van der Waals surface area (Å²) in [6.07, 6.45) is 0.786. The fraction of sp³-hybridized carbons (Fsp3) is 0.565. The molecule has 0 atom stereocenters. The fourth-order valence-electron chi connectivity index (χ4n) is 5.15. The average Bonchev–Trinajstić information content (AvgIpc) is 3.00. The number of carbonyl (C=O) groups is 2. The lowest BCUT2D eigenvalue weighted by Crippen LogP contribution is -2.59. The molecule has 4 rings (SSSR count). The maximum absolute atomic E-state index is 13.0. The Kier molecular flexibility index (Phi) is 4.82. The number of nitrogens with one attached hydrogen (secondary N) is 2. The van der Waals surface area contributed by atoms with Crippen LogP contribution in [0.1, 0.15) is 60.5 Å². The Balaban J connectivity index is 1.58. The number of ether oxygens (including phenoxy) is 1. The molecule has 2 N–H and O–H groups in total. The van der Waals surface area contributed by atoms with E-state index >= 15 is 0 Å². The molecule has 2 aromatic rings. The lowest BCUT2D eigenvalue weighted by Gasteiger charge is -2.39. The zero-order chi connectivity index (χ0) is 21.0. The molecule has 1 amide bonds. The number of aromatic amines is 1. The number of benzene rings is 1. The Hall–Kier alpha value is -2.18. The van der Waals surface area contributed by atoms with Gasteiger partial charge >= 0.3 is 0 Å². The van der Waals surface area contributed by atoms with E-state index < -0.39 is 5.41 Å². The van der Waals surface area contributed by atoms with Gasteiger partial charge in [-0.3, -0.25) is 14.5 Å². The summed E-state index contributed by atoms with van der Waals surface area (Å²) in [5.41, 5.74) is 2.77. The van der Waals surface area contributed by atoms with Gasteiger partial charge in [0.25, 0.3) is 5.91 Å². The first-order chi connectivity index (χ1) is 13.6. The van der Waals surface area contributed by atoms with E-state index in [2.05, 4.69) is 29.0 Å². The molecule has 1 saturated heterocycles. The predicted molar refractivity (Wildman–Crippen MR) is 114 cm³/mol. The normalized spacial score (nSPS) is 21.1. The molecule has 2 aliphatic rings.